The van der Waals surface area contributed by atoms with Gasteiger partial charge in [-0.05, 0) is 58.3 Å². The van der Waals surface area contributed by atoms with Crippen molar-refractivity contribution < 1.29 is 4.74 Å². The van der Waals surface area contributed by atoms with Gasteiger partial charge in [0.25, 0.3) is 0 Å². The predicted molar refractivity (Wildman–Crippen MR) is 86.4 cm³/mol. The van der Waals surface area contributed by atoms with Gasteiger partial charge >= 0.3 is 0 Å². The highest BCUT2D eigenvalue weighted by molar-refractivity contribution is 5.17. The summed E-state index contributed by atoms with van der Waals surface area (Å²) in [5.41, 5.74) is 2.43. The zero-order valence-corrected chi connectivity index (χ0v) is 13.6. The second-order valence-electron chi connectivity index (χ2n) is 6.15. The Balaban J connectivity index is 1.55. The van der Waals surface area contributed by atoms with Crippen molar-refractivity contribution in [1.29, 1.82) is 0 Å². The summed E-state index contributed by atoms with van der Waals surface area (Å²) in [6.45, 7) is 11.7. The Bertz CT molecular complexity index is 414. The number of hydrogen-bond acceptors (Lipinski definition) is 4. The smallest absolute Gasteiger partial charge is 0.0678 e. The Morgan fingerprint density at radius 2 is 2.05 bits per heavy atom. The minimum absolute atomic E-state index is 0.375. The standard InChI is InChI=1S/C17H29N3O/c1-14-12-20(13-15(2)21-14)10-5-4-8-18-11-17-7-6-9-19-16(17)3/h6-7,9,14-15,18H,4-5,8,10-13H2,1-3H3/t14-,15-/m0/s1. The van der Waals surface area contributed by atoms with Crippen LogP contribution in [-0.4, -0.2) is 48.3 Å². The quantitative estimate of drug-likeness (QED) is 0.783. The Morgan fingerprint density at radius 3 is 2.76 bits per heavy atom. The number of hydrogen-bond donors (Lipinski definition) is 1. The molecule has 1 fully saturated rings. The van der Waals surface area contributed by atoms with Crippen LogP contribution in [0.1, 0.15) is 37.9 Å². The van der Waals surface area contributed by atoms with Gasteiger partial charge in [0.2, 0.25) is 0 Å². The Morgan fingerprint density at radius 1 is 1.29 bits per heavy atom. The van der Waals surface area contributed by atoms with Crippen LogP contribution in [-0.2, 0) is 11.3 Å². The monoisotopic (exact) mass is 291 g/mol. The maximum atomic E-state index is 5.76. The highest BCUT2D eigenvalue weighted by Gasteiger charge is 2.21. The predicted octanol–water partition coefficient (Wildman–Crippen LogP) is 2.37. The summed E-state index contributed by atoms with van der Waals surface area (Å²) in [7, 11) is 0. The van der Waals surface area contributed by atoms with E-state index in [1.165, 1.54) is 24.9 Å². The molecule has 2 heterocycles. The van der Waals surface area contributed by atoms with Crippen molar-refractivity contribution >= 4 is 0 Å². The molecule has 0 saturated carbocycles. The van der Waals surface area contributed by atoms with Gasteiger partial charge in [0.05, 0.1) is 12.2 Å². The number of rotatable bonds is 7. The number of ether oxygens (including phenoxy) is 1. The number of nitrogens with one attached hydrogen (secondary N) is 1. The van der Waals surface area contributed by atoms with E-state index in [4.69, 9.17) is 4.74 Å². The molecule has 4 nitrogen and oxygen atoms in total. The Kier molecular flexibility index (Phi) is 6.61. The molecule has 1 aromatic heterocycles. The molecule has 0 aromatic carbocycles. The zero-order chi connectivity index (χ0) is 15.1. The molecule has 0 bridgehead atoms. The molecule has 2 rings (SSSR count). The summed E-state index contributed by atoms with van der Waals surface area (Å²) in [6.07, 6.45) is 5.07. The summed E-state index contributed by atoms with van der Waals surface area (Å²) in [5.74, 6) is 0. The van der Waals surface area contributed by atoms with E-state index in [0.717, 1.165) is 31.9 Å². The van der Waals surface area contributed by atoms with Crippen molar-refractivity contribution in [3.63, 3.8) is 0 Å². The van der Waals surface area contributed by atoms with Crippen LogP contribution in [0.4, 0.5) is 0 Å². The van der Waals surface area contributed by atoms with Crippen molar-refractivity contribution in [3.8, 4) is 0 Å². The zero-order valence-electron chi connectivity index (χ0n) is 13.6. The lowest BCUT2D eigenvalue weighted by Crippen LogP contribution is -2.45. The molecule has 1 N–H and O–H groups in total. The van der Waals surface area contributed by atoms with Crippen molar-refractivity contribution in [1.82, 2.24) is 15.2 Å². The molecule has 0 amide bonds. The van der Waals surface area contributed by atoms with Gasteiger partial charge in [-0.3, -0.25) is 9.88 Å². The van der Waals surface area contributed by atoms with E-state index in [9.17, 15) is 0 Å². The van der Waals surface area contributed by atoms with Crippen LogP contribution in [0.5, 0.6) is 0 Å². The molecule has 2 atom stereocenters. The van der Waals surface area contributed by atoms with Gasteiger partial charge < -0.3 is 10.1 Å². The fraction of sp³-hybridized carbons (Fsp3) is 0.706. The molecular formula is C17H29N3O. The van der Waals surface area contributed by atoms with Crippen molar-refractivity contribution in [2.24, 2.45) is 0 Å². The van der Waals surface area contributed by atoms with Crippen LogP contribution in [0.25, 0.3) is 0 Å². The number of nitrogens with zero attached hydrogens (tertiary/aromatic N) is 2. The van der Waals surface area contributed by atoms with Gasteiger partial charge in [-0.2, -0.15) is 0 Å². The van der Waals surface area contributed by atoms with Crippen molar-refractivity contribution in [3.05, 3.63) is 29.6 Å². The maximum Gasteiger partial charge on any atom is 0.0678 e. The first-order chi connectivity index (χ1) is 10.1. The third kappa shape index (κ3) is 5.73. The SMILES string of the molecule is Cc1ncccc1CNCCCCN1C[C@H](C)O[C@@H](C)C1. The highest BCUT2D eigenvalue weighted by Crippen LogP contribution is 2.11. The number of unbranched alkanes of at least 4 members (excludes halogenated alkanes) is 1. The van der Waals surface area contributed by atoms with Crippen LogP contribution in [0.2, 0.25) is 0 Å². The third-order valence-electron chi connectivity index (χ3n) is 4.00. The van der Waals surface area contributed by atoms with Crippen molar-refractivity contribution in [2.75, 3.05) is 26.2 Å². The lowest BCUT2D eigenvalue weighted by molar-refractivity contribution is -0.0681. The number of aromatic nitrogens is 1. The topological polar surface area (TPSA) is 37.4 Å². The highest BCUT2D eigenvalue weighted by atomic mass is 16.5. The number of pyridine rings is 1. The fourth-order valence-electron chi connectivity index (χ4n) is 2.98. The molecule has 1 saturated heterocycles. The van der Waals surface area contributed by atoms with E-state index < -0.39 is 0 Å². The minimum atomic E-state index is 0.375. The van der Waals surface area contributed by atoms with Crippen molar-refractivity contribution in [2.45, 2.75) is 52.4 Å². The molecule has 4 heteroatoms. The Hall–Kier alpha value is -0.970. The molecule has 118 valence electrons. The van der Waals surface area contributed by atoms with Gasteiger partial charge in [0.1, 0.15) is 0 Å². The van der Waals surface area contributed by atoms with E-state index in [2.05, 4.69) is 42.0 Å². The first-order valence-electron chi connectivity index (χ1n) is 8.14. The molecule has 1 aliphatic rings. The van der Waals surface area contributed by atoms with Crippen LogP contribution in [0.15, 0.2) is 18.3 Å². The number of morpholine rings is 1. The third-order valence-corrected chi connectivity index (χ3v) is 4.00. The second kappa shape index (κ2) is 8.47. The van der Waals surface area contributed by atoms with Crippen LogP contribution < -0.4 is 5.32 Å². The number of aryl methyl sites for hydroxylation is 1. The normalized spacial score (nSPS) is 23.4. The average molecular weight is 291 g/mol. The van der Waals surface area contributed by atoms with Crippen LogP contribution in [0.3, 0.4) is 0 Å². The van der Waals surface area contributed by atoms with Gasteiger partial charge in [-0.25, -0.2) is 0 Å². The van der Waals surface area contributed by atoms with E-state index in [1.54, 1.807) is 0 Å². The molecule has 0 aliphatic carbocycles. The van der Waals surface area contributed by atoms with Gasteiger partial charge in [-0.1, -0.05) is 6.07 Å². The molecule has 0 radical (unpaired) electrons. The van der Waals surface area contributed by atoms with Gasteiger partial charge in [0, 0.05) is 31.5 Å². The second-order valence-corrected chi connectivity index (χ2v) is 6.15. The molecular weight excluding hydrogens is 262 g/mol. The molecule has 0 unspecified atom stereocenters. The lowest BCUT2D eigenvalue weighted by Gasteiger charge is -2.35. The van der Waals surface area contributed by atoms with Crippen LogP contribution in [0, 0.1) is 6.92 Å². The molecule has 1 aromatic rings. The van der Waals surface area contributed by atoms with E-state index in [-0.39, 0.29) is 0 Å². The van der Waals surface area contributed by atoms with Crippen LogP contribution >= 0.6 is 0 Å². The van der Waals surface area contributed by atoms with Gasteiger partial charge in [0.15, 0.2) is 0 Å². The first kappa shape index (κ1) is 16.4. The summed E-state index contributed by atoms with van der Waals surface area (Å²) >= 11 is 0. The van der Waals surface area contributed by atoms with E-state index >= 15 is 0 Å². The summed E-state index contributed by atoms with van der Waals surface area (Å²) in [4.78, 5) is 6.84. The van der Waals surface area contributed by atoms with Gasteiger partial charge in [-0.15, -0.1) is 0 Å². The lowest BCUT2D eigenvalue weighted by atomic mass is 10.2. The average Bonchev–Trinajstić information content (AvgIpc) is 2.43. The Labute approximate surface area is 128 Å². The molecule has 21 heavy (non-hydrogen) atoms. The summed E-state index contributed by atoms with van der Waals surface area (Å²) in [5, 5.41) is 3.51. The molecule has 0 spiro atoms. The van der Waals surface area contributed by atoms with E-state index in [0.29, 0.717) is 12.2 Å². The molecule has 1 aliphatic heterocycles. The summed E-state index contributed by atoms with van der Waals surface area (Å²) in [6, 6.07) is 4.15. The largest absolute Gasteiger partial charge is 0.373 e. The first-order valence-corrected chi connectivity index (χ1v) is 8.14. The maximum absolute atomic E-state index is 5.76. The summed E-state index contributed by atoms with van der Waals surface area (Å²) < 4.78 is 5.76. The van der Waals surface area contributed by atoms with E-state index in [1.807, 2.05) is 12.3 Å². The minimum Gasteiger partial charge on any atom is -0.373 e. The fourth-order valence-corrected chi connectivity index (χ4v) is 2.98.